The van der Waals surface area contributed by atoms with Crippen molar-refractivity contribution in [1.82, 2.24) is 0 Å². The van der Waals surface area contributed by atoms with Crippen LogP contribution in [0.3, 0.4) is 0 Å². The summed E-state index contributed by atoms with van der Waals surface area (Å²) in [5.74, 6) is 0. The van der Waals surface area contributed by atoms with Gasteiger partial charge in [0.05, 0.1) is 11.6 Å². The van der Waals surface area contributed by atoms with Gasteiger partial charge >= 0.3 is 0 Å². The minimum atomic E-state index is -0.0120. The van der Waals surface area contributed by atoms with Crippen LogP contribution < -0.4 is 4.90 Å². The number of allylic oxidation sites excluding steroid dienone is 5. The second-order valence-corrected chi connectivity index (χ2v) is 10.2. The molecule has 4 aromatic carbocycles. The molecular formula is C36H31N3. The summed E-state index contributed by atoms with van der Waals surface area (Å²) < 4.78 is 0. The maximum atomic E-state index is 9.12. The first-order chi connectivity index (χ1) is 19.0. The molecule has 0 N–H and O–H groups in total. The molecule has 0 unspecified atom stereocenters. The van der Waals surface area contributed by atoms with E-state index in [0.29, 0.717) is 5.56 Å². The van der Waals surface area contributed by atoms with E-state index in [4.69, 9.17) is 5.26 Å². The molecule has 1 aliphatic carbocycles. The lowest BCUT2D eigenvalue weighted by molar-refractivity contribution is 0.627. The van der Waals surface area contributed by atoms with Gasteiger partial charge in [-0.1, -0.05) is 92.7 Å². The summed E-state index contributed by atoms with van der Waals surface area (Å²) in [6.07, 6.45) is 12.8. The van der Waals surface area contributed by atoms with E-state index in [0.717, 1.165) is 33.8 Å². The number of aliphatic imine (C=N–C) groups is 1. The lowest BCUT2D eigenvalue weighted by Crippen LogP contribution is -2.15. The van der Waals surface area contributed by atoms with Crippen LogP contribution in [0.25, 0.3) is 22.3 Å². The molecule has 3 heteroatoms. The molecule has 0 aliphatic heterocycles. The molecule has 0 atom stereocenters. The molecule has 39 heavy (non-hydrogen) atoms. The van der Waals surface area contributed by atoms with Crippen LogP contribution in [-0.4, -0.2) is 13.3 Å². The first-order valence-corrected chi connectivity index (χ1v) is 13.1. The van der Waals surface area contributed by atoms with Crippen LogP contribution in [0.5, 0.6) is 0 Å². The number of nitriles is 1. The van der Waals surface area contributed by atoms with E-state index in [2.05, 4.69) is 133 Å². The summed E-state index contributed by atoms with van der Waals surface area (Å²) in [5.41, 5.74) is 9.55. The van der Waals surface area contributed by atoms with Crippen molar-refractivity contribution in [1.29, 1.82) is 5.26 Å². The SMILES string of the molecule is CN=Cc1ccc(-c2ccc(N(C3=CC=CC(C)(C)C=C3)c3ccc(-c4ccc(C#N)cc4)cc3)cc2)cc1. The Balaban J connectivity index is 1.50. The Morgan fingerprint density at radius 3 is 1.67 bits per heavy atom. The summed E-state index contributed by atoms with van der Waals surface area (Å²) in [6, 6.07) is 35.6. The Labute approximate surface area is 231 Å². The quantitative estimate of drug-likeness (QED) is 0.245. The van der Waals surface area contributed by atoms with Crippen LogP contribution in [-0.2, 0) is 0 Å². The fraction of sp³-hybridized carbons (Fsp3) is 0.111. The number of rotatable bonds is 6. The van der Waals surface area contributed by atoms with Crippen LogP contribution in [0.1, 0.15) is 25.0 Å². The fourth-order valence-electron chi connectivity index (χ4n) is 4.66. The van der Waals surface area contributed by atoms with Crippen molar-refractivity contribution in [2.45, 2.75) is 13.8 Å². The fourth-order valence-corrected chi connectivity index (χ4v) is 4.66. The minimum absolute atomic E-state index is 0.0120. The highest BCUT2D eigenvalue weighted by molar-refractivity contribution is 5.81. The third-order valence-electron chi connectivity index (χ3n) is 6.86. The smallest absolute Gasteiger partial charge is 0.0991 e. The van der Waals surface area contributed by atoms with E-state index in [-0.39, 0.29) is 5.41 Å². The molecule has 1 aliphatic rings. The molecule has 0 radical (unpaired) electrons. The topological polar surface area (TPSA) is 39.4 Å². The highest BCUT2D eigenvalue weighted by Gasteiger charge is 2.17. The molecule has 4 aromatic rings. The minimum Gasteiger partial charge on any atom is -0.311 e. The molecule has 0 saturated carbocycles. The Hall–Kier alpha value is -4.94. The lowest BCUT2D eigenvalue weighted by Gasteiger charge is -2.27. The van der Waals surface area contributed by atoms with Crippen molar-refractivity contribution in [2.75, 3.05) is 11.9 Å². The van der Waals surface area contributed by atoms with Crippen LogP contribution in [0.4, 0.5) is 11.4 Å². The van der Waals surface area contributed by atoms with E-state index >= 15 is 0 Å². The second-order valence-electron chi connectivity index (χ2n) is 10.2. The van der Waals surface area contributed by atoms with Crippen LogP contribution in [0.2, 0.25) is 0 Å². The van der Waals surface area contributed by atoms with Gasteiger partial charge in [0.15, 0.2) is 0 Å². The molecule has 0 bridgehead atoms. The van der Waals surface area contributed by atoms with Gasteiger partial charge in [0.1, 0.15) is 0 Å². The number of anilines is 2. The molecule has 0 amide bonds. The third-order valence-corrected chi connectivity index (χ3v) is 6.86. The van der Waals surface area contributed by atoms with Crippen LogP contribution in [0, 0.1) is 16.7 Å². The number of nitrogens with zero attached hydrogens (tertiary/aromatic N) is 3. The summed E-state index contributed by atoms with van der Waals surface area (Å²) in [4.78, 5) is 6.39. The monoisotopic (exact) mass is 505 g/mol. The van der Waals surface area contributed by atoms with Gasteiger partial charge in [-0.15, -0.1) is 0 Å². The maximum absolute atomic E-state index is 9.12. The molecule has 0 saturated heterocycles. The van der Waals surface area contributed by atoms with Crippen molar-refractivity contribution in [3.63, 3.8) is 0 Å². The standard InChI is InChI=1S/C36H31N3/c1-36(2)23-4-5-33(22-24-36)39(34-18-14-31(15-19-34)29-10-6-27(25-37)7-11-29)35-20-16-32(17-21-35)30-12-8-28(9-13-30)26-38-3/h4-24,26H,1-3H3. The van der Waals surface area contributed by atoms with Gasteiger partial charge < -0.3 is 4.90 Å². The zero-order chi connectivity index (χ0) is 27.2. The van der Waals surface area contributed by atoms with Gasteiger partial charge in [-0.2, -0.15) is 5.26 Å². The van der Waals surface area contributed by atoms with Crippen molar-refractivity contribution < 1.29 is 0 Å². The van der Waals surface area contributed by atoms with Crippen molar-refractivity contribution in [3.05, 3.63) is 144 Å². The normalized spacial score (nSPS) is 14.1. The first-order valence-electron chi connectivity index (χ1n) is 13.1. The van der Waals surface area contributed by atoms with Gasteiger partial charge in [0.2, 0.25) is 0 Å². The summed E-state index contributed by atoms with van der Waals surface area (Å²) in [7, 11) is 1.79. The van der Waals surface area contributed by atoms with E-state index in [1.54, 1.807) is 7.05 Å². The number of hydrogen-bond acceptors (Lipinski definition) is 3. The third kappa shape index (κ3) is 5.98. The molecule has 190 valence electrons. The average molecular weight is 506 g/mol. The van der Waals surface area contributed by atoms with Gasteiger partial charge in [-0.3, -0.25) is 4.99 Å². The first kappa shape index (κ1) is 25.7. The maximum Gasteiger partial charge on any atom is 0.0991 e. The summed E-state index contributed by atoms with van der Waals surface area (Å²) in [5, 5.41) is 9.12. The predicted octanol–water partition coefficient (Wildman–Crippen LogP) is 9.12. The Morgan fingerprint density at radius 1 is 0.692 bits per heavy atom. The number of hydrogen-bond donors (Lipinski definition) is 0. The van der Waals surface area contributed by atoms with Gasteiger partial charge in [-0.05, 0) is 76.4 Å². The largest absolute Gasteiger partial charge is 0.311 e. The van der Waals surface area contributed by atoms with Gasteiger partial charge in [0.25, 0.3) is 0 Å². The molecule has 0 spiro atoms. The van der Waals surface area contributed by atoms with E-state index in [9.17, 15) is 0 Å². The van der Waals surface area contributed by atoms with Crippen molar-refractivity contribution in [3.8, 4) is 28.3 Å². The average Bonchev–Trinajstić information content (AvgIpc) is 3.15. The van der Waals surface area contributed by atoms with E-state index in [1.165, 1.54) is 11.1 Å². The molecular weight excluding hydrogens is 474 g/mol. The van der Waals surface area contributed by atoms with Crippen molar-refractivity contribution in [2.24, 2.45) is 10.4 Å². The zero-order valence-electron chi connectivity index (χ0n) is 22.5. The van der Waals surface area contributed by atoms with E-state index < -0.39 is 0 Å². The highest BCUT2D eigenvalue weighted by atomic mass is 15.1. The van der Waals surface area contributed by atoms with Crippen LogP contribution in [0.15, 0.2) is 138 Å². The van der Waals surface area contributed by atoms with Gasteiger partial charge in [-0.25, -0.2) is 0 Å². The van der Waals surface area contributed by atoms with E-state index in [1.807, 2.05) is 30.5 Å². The molecule has 0 fully saturated rings. The van der Waals surface area contributed by atoms with Crippen molar-refractivity contribution >= 4 is 17.6 Å². The Kier molecular flexibility index (Phi) is 7.39. The lowest BCUT2D eigenvalue weighted by atomic mass is 9.93. The second kappa shape index (κ2) is 11.2. The molecule has 5 rings (SSSR count). The van der Waals surface area contributed by atoms with Crippen LogP contribution >= 0.6 is 0 Å². The predicted molar refractivity (Wildman–Crippen MR) is 164 cm³/mol. The summed E-state index contributed by atoms with van der Waals surface area (Å²) >= 11 is 0. The molecule has 0 aromatic heterocycles. The summed E-state index contributed by atoms with van der Waals surface area (Å²) in [6.45, 7) is 4.42. The molecule has 0 heterocycles. The number of benzene rings is 4. The highest BCUT2D eigenvalue weighted by Crippen LogP contribution is 2.35. The molecule has 3 nitrogen and oxygen atoms in total. The Bertz CT molecular complexity index is 1590. The zero-order valence-corrected chi connectivity index (χ0v) is 22.5. The van der Waals surface area contributed by atoms with Gasteiger partial charge in [0, 0.05) is 35.7 Å². The Morgan fingerprint density at radius 2 is 1.18 bits per heavy atom.